The largest absolute Gasteiger partial charge is 0.325 e. The number of nitro benzene ring substituents is 1. The lowest BCUT2D eigenvalue weighted by Gasteiger charge is -2.04. The summed E-state index contributed by atoms with van der Waals surface area (Å²) >= 11 is 6.82. The number of halogens is 1. The number of nitro groups is 1. The molecule has 116 valence electrons. The van der Waals surface area contributed by atoms with Crippen molar-refractivity contribution in [2.75, 3.05) is 10.6 Å². The molecular formula is C14H9ClN4O3S. The maximum absolute atomic E-state index is 11.9. The van der Waals surface area contributed by atoms with Crippen molar-refractivity contribution in [3.05, 3.63) is 57.6 Å². The number of urea groups is 1. The Morgan fingerprint density at radius 1 is 1.17 bits per heavy atom. The van der Waals surface area contributed by atoms with Gasteiger partial charge in [0.05, 0.1) is 10.4 Å². The van der Waals surface area contributed by atoms with Crippen LogP contribution >= 0.6 is 22.9 Å². The molecule has 1 heterocycles. The normalized spacial score (nSPS) is 10.5. The van der Waals surface area contributed by atoms with Gasteiger partial charge in [-0.2, -0.15) is 0 Å². The second kappa shape index (κ2) is 6.19. The van der Waals surface area contributed by atoms with Gasteiger partial charge in [-0.15, -0.1) is 0 Å². The number of nitrogens with one attached hydrogen (secondary N) is 2. The van der Waals surface area contributed by atoms with Gasteiger partial charge in [-0.3, -0.25) is 15.4 Å². The van der Waals surface area contributed by atoms with E-state index in [-0.39, 0.29) is 10.8 Å². The Hall–Kier alpha value is -2.71. The number of carbonyl (C=O) groups is 1. The molecule has 0 spiro atoms. The van der Waals surface area contributed by atoms with Gasteiger partial charge < -0.3 is 5.32 Å². The summed E-state index contributed by atoms with van der Waals surface area (Å²) in [6.07, 6.45) is 0. The standard InChI is InChI=1S/C14H9ClN4O3S/c15-8-4-6-9(7-5-8)16-13(20)18-14-17-10-2-1-3-11(19(21)22)12(10)23-14/h1-7H,(H2,16,17,18,20). The summed E-state index contributed by atoms with van der Waals surface area (Å²) in [4.78, 5) is 26.6. The molecule has 0 saturated carbocycles. The lowest BCUT2D eigenvalue weighted by Crippen LogP contribution is -2.19. The van der Waals surface area contributed by atoms with Crippen LogP contribution in [-0.2, 0) is 0 Å². The molecule has 0 atom stereocenters. The third-order valence-corrected chi connectivity index (χ3v) is 4.17. The van der Waals surface area contributed by atoms with Crippen molar-refractivity contribution in [2.45, 2.75) is 0 Å². The smallest absolute Gasteiger partial charge is 0.308 e. The van der Waals surface area contributed by atoms with E-state index in [4.69, 9.17) is 11.6 Å². The van der Waals surface area contributed by atoms with Gasteiger partial charge in [0.15, 0.2) is 5.13 Å². The topological polar surface area (TPSA) is 97.2 Å². The molecule has 0 saturated heterocycles. The number of benzene rings is 2. The number of thiazole rings is 1. The number of hydrogen-bond donors (Lipinski definition) is 2. The quantitative estimate of drug-likeness (QED) is 0.537. The fourth-order valence-electron chi connectivity index (χ4n) is 1.92. The lowest BCUT2D eigenvalue weighted by molar-refractivity contribution is -0.382. The van der Waals surface area contributed by atoms with E-state index in [2.05, 4.69) is 15.6 Å². The van der Waals surface area contributed by atoms with E-state index in [0.29, 0.717) is 20.9 Å². The summed E-state index contributed by atoms with van der Waals surface area (Å²) in [5, 5.41) is 17.0. The van der Waals surface area contributed by atoms with Gasteiger partial charge in [0, 0.05) is 16.8 Å². The van der Waals surface area contributed by atoms with Crippen LogP contribution in [0.1, 0.15) is 0 Å². The summed E-state index contributed by atoms with van der Waals surface area (Å²) in [6, 6.07) is 10.7. The van der Waals surface area contributed by atoms with Crippen LogP contribution < -0.4 is 10.6 Å². The van der Waals surface area contributed by atoms with Gasteiger partial charge >= 0.3 is 6.03 Å². The zero-order chi connectivity index (χ0) is 16.4. The van der Waals surface area contributed by atoms with Crippen LogP contribution in [0.25, 0.3) is 10.2 Å². The van der Waals surface area contributed by atoms with E-state index >= 15 is 0 Å². The second-order valence-electron chi connectivity index (χ2n) is 4.49. The molecule has 7 nitrogen and oxygen atoms in total. The SMILES string of the molecule is O=C(Nc1ccc(Cl)cc1)Nc1nc2cccc([N+](=O)[O-])c2s1. The highest BCUT2D eigenvalue weighted by atomic mass is 35.5. The van der Waals surface area contributed by atoms with Crippen LogP contribution in [0.5, 0.6) is 0 Å². The summed E-state index contributed by atoms with van der Waals surface area (Å²) in [7, 11) is 0. The van der Waals surface area contributed by atoms with Crippen LogP contribution in [-0.4, -0.2) is 15.9 Å². The molecule has 2 amide bonds. The first kappa shape index (κ1) is 15.2. The monoisotopic (exact) mass is 348 g/mol. The van der Waals surface area contributed by atoms with Crippen molar-refractivity contribution >= 4 is 55.7 Å². The van der Waals surface area contributed by atoms with Gasteiger partial charge in [0.25, 0.3) is 5.69 Å². The number of carbonyl (C=O) groups excluding carboxylic acids is 1. The van der Waals surface area contributed by atoms with Crippen LogP contribution in [0.4, 0.5) is 21.3 Å². The molecule has 3 rings (SSSR count). The van der Waals surface area contributed by atoms with E-state index in [1.807, 2.05) is 0 Å². The minimum Gasteiger partial charge on any atom is -0.308 e. The molecule has 0 aliphatic carbocycles. The molecule has 0 aliphatic heterocycles. The van der Waals surface area contributed by atoms with Gasteiger partial charge in [0.2, 0.25) is 0 Å². The number of amides is 2. The van der Waals surface area contributed by atoms with Gasteiger partial charge in [-0.05, 0) is 30.3 Å². The van der Waals surface area contributed by atoms with Crippen molar-refractivity contribution in [3.63, 3.8) is 0 Å². The number of aromatic nitrogens is 1. The van der Waals surface area contributed by atoms with Crippen LogP contribution in [0.2, 0.25) is 5.02 Å². The highest BCUT2D eigenvalue weighted by Gasteiger charge is 2.16. The second-order valence-corrected chi connectivity index (χ2v) is 5.92. The molecule has 0 fully saturated rings. The van der Waals surface area contributed by atoms with Crippen molar-refractivity contribution in [3.8, 4) is 0 Å². The molecule has 0 aliphatic rings. The minimum atomic E-state index is -0.492. The Labute approximate surface area is 139 Å². The predicted molar refractivity (Wildman–Crippen MR) is 90.4 cm³/mol. The van der Waals surface area contributed by atoms with Gasteiger partial charge in [-0.25, -0.2) is 9.78 Å². The van der Waals surface area contributed by atoms with Crippen molar-refractivity contribution in [1.29, 1.82) is 0 Å². The summed E-state index contributed by atoms with van der Waals surface area (Å²) in [5.41, 5.74) is 0.996. The Morgan fingerprint density at radius 3 is 2.61 bits per heavy atom. The first-order valence-corrected chi connectivity index (χ1v) is 7.60. The molecule has 0 bridgehead atoms. The first-order chi connectivity index (χ1) is 11.0. The number of nitrogens with zero attached hydrogens (tertiary/aromatic N) is 2. The molecule has 9 heteroatoms. The van der Waals surface area contributed by atoms with E-state index in [9.17, 15) is 14.9 Å². The average molecular weight is 349 g/mol. The molecule has 0 unspecified atom stereocenters. The molecule has 2 aromatic carbocycles. The lowest BCUT2D eigenvalue weighted by atomic mass is 10.3. The number of hydrogen-bond acceptors (Lipinski definition) is 5. The molecule has 1 aromatic heterocycles. The van der Waals surface area contributed by atoms with Crippen LogP contribution in [0, 0.1) is 10.1 Å². The van der Waals surface area contributed by atoms with Gasteiger partial charge in [-0.1, -0.05) is 29.0 Å². The zero-order valence-corrected chi connectivity index (χ0v) is 13.0. The summed E-state index contributed by atoms with van der Waals surface area (Å²) in [5.74, 6) is 0. The van der Waals surface area contributed by atoms with Crippen LogP contribution in [0.3, 0.4) is 0 Å². The molecule has 3 aromatic rings. The fourth-order valence-corrected chi connectivity index (χ4v) is 3.00. The maximum atomic E-state index is 11.9. The van der Waals surface area contributed by atoms with Crippen molar-refractivity contribution in [1.82, 2.24) is 4.98 Å². The predicted octanol–water partition coefficient (Wildman–Crippen LogP) is 4.50. The molecule has 23 heavy (non-hydrogen) atoms. The highest BCUT2D eigenvalue weighted by Crippen LogP contribution is 2.33. The molecule has 0 radical (unpaired) electrons. The summed E-state index contributed by atoms with van der Waals surface area (Å²) < 4.78 is 0.416. The Balaban J connectivity index is 1.78. The highest BCUT2D eigenvalue weighted by molar-refractivity contribution is 7.22. The van der Waals surface area contributed by atoms with E-state index in [0.717, 1.165) is 11.3 Å². The Morgan fingerprint density at radius 2 is 1.91 bits per heavy atom. The third-order valence-electron chi connectivity index (χ3n) is 2.91. The van der Waals surface area contributed by atoms with Crippen LogP contribution in [0.15, 0.2) is 42.5 Å². The number of rotatable bonds is 3. The third kappa shape index (κ3) is 3.38. The minimum absolute atomic E-state index is 0.0360. The average Bonchev–Trinajstić information content (AvgIpc) is 2.91. The van der Waals surface area contributed by atoms with E-state index < -0.39 is 11.0 Å². The van der Waals surface area contributed by atoms with E-state index in [1.54, 1.807) is 36.4 Å². The van der Waals surface area contributed by atoms with Crippen molar-refractivity contribution in [2.24, 2.45) is 0 Å². The number of fused-ring (bicyclic) bond motifs is 1. The number of non-ortho nitro benzene ring substituents is 1. The van der Waals surface area contributed by atoms with E-state index in [1.165, 1.54) is 6.07 Å². The Kier molecular flexibility index (Phi) is 4.09. The number of anilines is 2. The summed E-state index contributed by atoms with van der Waals surface area (Å²) in [6.45, 7) is 0. The van der Waals surface area contributed by atoms with Gasteiger partial charge in [0.1, 0.15) is 4.70 Å². The zero-order valence-electron chi connectivity index (χ0n) is 11.4. The maximum Gasteiger partial charge on any atom is 0.325 e. The first-order valence-electron chi connectivity index (χ1n) is 6.40. The molecule has 2 N–H and O–H groups in total. The molecular weight excluding hydrogens is 340 g/mol. The Bertz CT molecular complexity index is 895. The fraction of sp³-hybridized carbons (Fsp3) is 0. The van der Waals surface area contributed by atoms with Crippen molar-refractivity contribution < 1.29 is 9.72 Å².